The number of aromatic hydroxyl groups is 1. The minimum Gasteiger partial charge on any atom is -0.506 e. The van der Waals surface area contributed by atoms with E-state index >= 15 is 0 Å². The molecule has 0 bridgehead atoms. The first-order valence-electron chi connectivity index (χ1n) is 5.34. The Bertz CT molecular complexity index is 604. The molecule has 94 valence electrons. The normalized spacial score (nSPS) is 10.4. The lowest BCUT2D eigenvalue weighted by Gasteiger charge is -2.05. The van der Waals surface area contributed by atoms with E-state index in [1.807, 2.05) is 0 Å². The lowest BCUT2D eigenvalue weighted by Crippen LogP contribution is -2.11. The minimum atomic E-state index is -0.272. The molecule has 1 aromatic carbocycles. The SMILES string of the molecule is Cc1cc(C(=O)Nc2ccc(O)c(Cl)c2)c(C)o1. The molecule has 0 aliphatic rings. The van der Waals surface area contributed by atoms with Crippen LogP contribution < -0.4 is 5.32 Å². The van der Waals surface area contributed by atoms with Crippen LogP contribution in [0.2, 0.25) is 5.02 Å². The van der Waals surface area contributed by atoms with Crippen LogP contribution in [0.15, 0.2) is 28.7 Å². The number of furan rings is 1. The van der Waals surface area contributed by atoms with Crippen LogP contribution in [0.25, 0.3) is 0 Å². The predicted octanol–water partition coefficient (Wildman–Crippen LogP) is 3.51. The fourth-order valence-corrected chi connectivity index (χ4v) is 1.82. The van der Waals surface area contributed by atoms with Gasteiger partial charge in [0.15, 0.2) is 0 Å². The maximum Gasteiger partial charge on any atom is 0.259 e. The van der Waals surface area contributed by atoms with E-state index < -0.39 is 0 Å². The number of carbonyl (C=O) groups excluding carboxylic acids is 1. The molecule has 2 N–H and O–H groups in total. The summed E-state index contributed by atoms with van der Waals surface area (Å²) in [7, 11) is 0. The van der Waals surface area contributed by atoms with Crippen LogP contribution in [0, 0.1) is 13.8 Å². The Labute approximate surface area is 109 Å². The van der Waals surface area contributed by atoms with Gasteiger partial charge in [0.05, 0.1) is 10.6 Å². The van der Waals surface area contributed by atoms with Crippen molar-refractivity contribution in [3.63, 3.8) is 0 Å². The van der Waals surface area contributed by atoms with E-state index in [0.29, 0.717) is 22.8 Å². The number of nitrogens with one attached hydrogen (secondary N) is 1. The largest absolute Gasteiger partial charge is 0.506 e. The second-order valence-corrected chi connectivity index (χ2v) is 4.35. The van der Waals surface area contributed by atoms with Gasteiger partial charge in [0.2, 0.25) is 0 Å². The van der Waals surface area contributed by atoms with Gasteiger partial charge in [-0.1, -0.05) is 11.6 Å². The summed E-state index contributed by atoms with van der Waals surface area (Å²) in [6.45, 7) is 3.51. The number of aryl methyl sites for hydroxylation is 2. The zero-order valence-corrected chi connectivity index (χ0v) is 10.7. The molecule has 18 heavy (non-hydrogen) atoms. The highest BCUT2D eigenvalue weighted by Crippen LogP contribution is 2.26. The summed E-state index contributed by atoms with van der Waals surface area (Å²) in [4.78, 5) is 12.0. The van der Waals surface area contributed by atoms with Gasteiger partial charge in [0.1, 0.15) is 17.3 Å². The van der Waals surface area contributed by atoms with E-state index in [1.54, 1.807) is 26.0 Å². The molecule has 0 saturated carbocycles. The minimum absolute atomic E-state index is 0.0231. The molecule has 0 fully saturated rings. The van der Waals surface area contributed by atoms with E-state index in [4.69, 9.17) is 16.0 Å². The fraction of sp³-hybridized carbons (Fsp3) is 0.154. The van der Waals surface area contributed by atoms with E-state index in [9.17, 15) is 9.90 Å². The number of anilines is 1. The van der Waals surface area contributed by atoms with Crippen LogP contribution in [0.5, 0.6) is 5.75 Å². The van der Waals surface area contributed by atoms with Gasteiger partial charge in [0, 0.05) is 5.69 Å². The second kappa shape index (κ2) is 4.74. The maximum atomic E-state index is 12.0. The molecule has 1 aromatic heterocycles. The Kier molecular flexibility index (Phi) is 3.30. The molecule has 5 heteroatoms. The number of phenols is 1. The number of hydrogen-bond donors (Lipinski definition) is 2. The van der Waals surface area contributed by atoms with Gasteiger partial charge in [-0.2, -0.15) is 0 Å². The van der Waals surface area contributed by atoms with Crippen molar-refractivity contribution in [1.29, 1.82) is 0 Å². The predicted molar refractivity (Wildman–Crippen MR) is 69.3 cm³/mol. The maximum absolute atomic E-state index is 12.0. The monoisotopic (exact) mass is 265 g/mol. The van der Waals surface area contributed by atoms with Crippen molar-refractivity contribution < 1.29 is 14.3 Å². The first-order valence-corrected chi connectivity index (χ1v) is 5.72. The number of hydrogen-bond acceptors (Lipinski definition) is 3. The van der Waals surface area contributed by atoms with Gasteiger partial charge in [-0.05, 0) is 38.1 Å². The van der Waals surface area contributed by atoms with E-state index in [1.165, 1.54) is 12.1 Å². The summed E-state index contributed by atoms with van der Waals surface area (Å²) < 4.78 is 5.29. The smallest absolute Gasteiger partial charge is 0.259 e. The molecular formula is C13H12ClNO3. The van der Waals surface area contributed by atoms with Gasteiger partial charge in [0.25, 0.3) is 5.91 Å². The van der Waals surface area contributed by atoms with Crippen molar-refractivity contribution in [3.05, 3.63) is 46.4 Å². The first kappa shape index (κ1) is 12.5. The van der Waals surface area contributed by atoms with Crippen LogP contribution >= 0.6 is 11.6 Å². The van der Waals surface area contributed by atoms with Gasteiger partial charge in [-0.25, -0.2) is 0 Å². The standard InChI is InChI=1S/C13H12ClNO3/c1-7-5-10(8(2)18-7)13(17)15-9-3-4-12(16)11(14)6-9/h3-6,16H,1-2H3,(H,15,17). The van der Waals surface area contributed by atoms with Gasteiger partial charge in [-0.15, -0.1) is 0 Å². The average molecular weight is 266 g/mol. The quantitative estimate of drug-likeness (QED) is 0.817. The molecule has 0 saturated heterocycles. The van der Waals surface area contributed by atoms with Crippen molar-refractivity contribution in [2.24, 2.45) is 0 Å². The van der Waals surface area contributed by atoms with Gasteiger partial charge >= 0.3 is 0 Å². The van der Waals surface area contributed by atoms with E-state index in [-0.39, 0.29) is 16.7 Å². The summed E-state index contributed by atoms with van der Waals surface area (Å²) in [5.41, 5.74) is 0.998. The molecule has 0 unspecified atom stereocenters. The molecule has 2 aromatic rings. The molecule has 1 amide bonds. The van der Waals surface area contributed by atoms with Crippen LogP contribution in [0.3, 0.4) is 0 Å². The highest BCUT2D eigenvalue weighted by molar-refractivity contribution is 6.32. The molecule has 0 radical (unpaired) electrons. The van der Waals surface area contributed by atoms with Crippen LogP contribution in [-0.4, -0.2) is 11.0 Å². The zero-order chi connectivity index (χ0) is 13.3. The van der Waals surface area contributed by atoms with Crippen molar-refractivity contribution >= 4 is 23.2 Å². The number of amides is 1. The lowest BCUT2D eigenvalue weighted by molar-refractivity contribution is 0.102. The second-order valence-electron chi connectivity index (χ2n) is 3.95. The summed E-state index contributed by atoms with van der Waals surface area (Å²) >= 11 is 5.76. The van der Waals surface area contributed by atoms with Crippen molar-refractivity contribution in [2.75, 3.05) is 5.32 Å². The number of carbonyl (C=O) groups is 1. The Hall–Kier alpha value is -1.94. The van der Waals surface area contributed by atoms with E-state index in [2.05, 4.69) is 5.32 Å². The Morgan fingerprint density at radius 3 is 2.61 bits per heavy atom. The van der Waals surface area contributed by atoms with Crippen molar-refractivity contribution in [2.45, 2.75) is 13.8 Å². The van der Waals surface area contributed by atoms with Crippen LogP contribution in [0.4, 0.5) is 5.69 Å². The van der Waals surface area contributed by atoms with Crippen LogP contribution in [0.1, 0.15) is 21.9 Å². The van der Waals surface area contributed by atoms with Crippen molar-refractivity contribution in [1.82, 2.24) is 0 Å². The lowest BCUT2D eigenvalue weighted by atomic mass is 10.2. The van der Waals surface area contributed by atoms with Crippen molar-refractivity contribution in [3.8, 4) is 5.75 Å². The highest BCUT2D eigenvalue weighted by Gasteiger charge is 2.13. The molecule has 0 spiro atoms. The number of rotatable bonds is 2. The summed E-state index contributed by atoms with van der Waals surface area (Å²) in [6, 6.07) is 6.15. The number of benzene rings is 1. The molecule has 1 heterocycles. The summed E-state index contributed by atoms with van der Waals surface area (Å²) in [5.74, 6) is 0.951. The molecule has 0 aliphatic heterocycles. The fourth-order valence-electron chi connectivity index (χ4n) is 1.64. The number of phenolic OH excluding ortho intramolecular Hbond substituents is 1. The van der Waals surface area contributed by atoms with Gasteiger partial charge in [-0.3, -0.25) is 4.79 Å². The van der Waals surface area contributed by atoms with E-state index in [0.717, 1.165) is 0 Å². The van der Waals surface area contributed by atoms with Gasteiger partial charge < -0.3 is 14.8 Å². The first-order chi connectivity index (χ1) is 8.47. The topological polar surface area (TPSA) is 62.5 Å². The molecule has 0 atom stereocenters. The Balaban J connectivity index is 2.21. The Morgan fingerprint density at radius 1 is 1.33 bits per heavy atom. The third-order valence-electron chi connectivity index (χ3n) is 2.49. The summed E-state index contributed by atoms with van der Waals surface area (Å²) in [6.07, 6.45) is 0. The highest BCUT2D eigenvalue weighted by atomic mass is 35.5. The number of halogens is 1. The molecule has 0 aliphatic carbocycles. The molecule has 2 rings (SSSR count). The molecule has 4 nitrogen and oxygen atoms in total. The summed E-state index contributed by atoms with van der Waals surface area (Å²) in [5, 5.41) is 12.2. The third-order valence-corrected chi connectivity index (χ3v) is 2.79. The third kappa shape index (κ3) is 2.49. The van der Waals surface area contributed by atoms with Crippen LogP contribution in [-0.2, 0) is 0 Å². The average Bonchev–Trinajstić information content (AvgIpc) is 2.63. The Morgan fingerprint density at radius 2 is 2.06 bits per heavy atom. The molecular weight excluding hydrogens is 254 g/mol. The zero-order valence-electron chi connectivity index (χ0n) is 9.95.